The van der Waals surface area contributed by atoms with Gasteiger partial charge < -0.3 is 4.42 Å². The van der Waals surface area contributed by atoms with Gasteiger partial charge in [-0.15, -0.1) is 0 Å². The molecule has 0 atom stereocenters. The number of nitrogens with zero attached hydrogens (tertiary/aromatic N) is 1. The average Bonchev–Trinajstić information content (AvgIpc) is 2.14. The summed E-state index contributed by atoms with van der Waals surface area (Å²) in [6, 6.07) is 0. The van der Waals surface area contributed by atoms with Crippen LogP contribution in [0.5, 0.6) is 0 Å². The Balaban J connectivity index is 2.96. The summed E-state index contributed by atoms with van der Waals surface area (Å²) >= 11 is 0. The molecule has 0 aliphatic heterocycles. The summed E-state index contributed by atoms with van der Waals surface area (Å²) < 4.78 is 4.45. The normalized spacial score (nSPS) is 8.57. The highest BCUT2D eigenvalue weighted by Gasteiger charge is 1.87. The summed E-state index contributed by atoms with van der Waals surface area (Å²) in [6.45, 7) is 0. The van der Waals surface area contributed by atoms with E-state index in [4.69, 9.17) is 0 Å². The van der Waals surface area contributed by atoms with Crippen molar-refractivity contribution >= 4 is 6.29 Å². The lowest BCUT2D eigenvalue weighted by Crippen LogP contribution is -1.72. The van der Waals surface area contributed by atoms with Crippen molar-refractivity contribution < 1.29 is 9.21 Å². The molecule has 0 spiro atoms. The molecular formula is C4H2NO2. The van der Waals surface area contributed by atoms with E-state index in [1.165, 1.54) is 6.26 Å². The number of hydrogen-bond donors (Lipinski definition) is 0. The summed E-state index contributed by atoms with van der Waals surface area (Å²) in [6.07, 6.45) is 4.08. The van der Waals surface area contributed by atoms with Gasteiger partial charge in [0.1, 0.15) is 12.5 Å². The first-order chi connectivity index (χ1) is 3.43. The van der Waals surface area contributed by atoms with Gasteiger partial charge in [0.2, 0.25) is 6.29 Å². The Labute approximate surface area is 40.0 Å². The van der Waals surface area contributed by atoms with E-state index in [-0.39, 0.29) is 5.89 Å². The van der Waals surface area contributed by atoms with E-state index in [2.05, 4.69) is 15.6 Å². The van der Waals surface area contributed by atoms with Crippen molar-refractivity contribution in [1.82, 2.24) is 4.98 Å². The van der Waals surface area contributed by atoms with Crippen LogP contribution in [-0.2, 0) is 0 Å². The van der Waals surface area contributed by atoms with Crippen molar-refractivity contribution in [2.75, 3.05) is 0 Å². The lowest BCUT2D eigenvalue weighted by molar-refractivity contribution is 0.109. The van der Waals surface area contributed by atoms with E-state index < -0.39 is 0 Å². The fourth-order valence-corrected chi connectivity index (χ4v) is 0.257. The Morgan fingerprint density at radius 1 is 2.00 bits per heavy atom. The molecule has 7 heavy (non-hydrogen) atoms. The van der Waals surface area contributed by atoms with Gasteiger partial charge in [-0.2, -0.15) is 0 Å². The van der Waals surface area contributed by atoms with Gasteiger partial charge in [0.05, 0.1) is 0 Å². The van der Waals surface area contributed by atoms with Crippen LogP contribution in [0.15, 0.2) is 10.7 Å². The molecule has 1 aromatic heterocycles. The Kier molecular flexibility index (Phi) is 0.898. The van der Waals surface area contributed by atoms with Crippen LogP contribution >= 0.6 is 0 Å². The summed E-state index contributed by atoms with van der Waals surface area (Å²) in [5.74, 6) is 0.0694. The second kappa shape index (κ2) is 1.55. The number of hydrogen-bond acceptors (Lipinski definition) is 3. The second-order valence-corrected chi connectivity index (χ2v) is 0.933. The number of oxazole rings is 1. The number of carbonyl (C=O) groups excluding carboxylic acids is 1. The van der Waals surface area contributed by atoms with Crippen LogP contribution in [0.2, 0.25) is 0 Å². The maximum Gasteiger partial charge on any atom is 0.260 e. The van der Waals surface area contributed by atoms with Gasteiger partial charge in [-0.3, -0.25) is 4.79 Å². The van der Waals surface area contributed by atoms with Gasteiger partial charge in [-0.1, -0.05) is 0 Å². The van der Waals surface area contributed by atoms with E-state index in [1.54, 1.807) is 0 Å². The monoisotopic (exact) mass is 96.0 g/mol. The molecule has 0 fully saturated rings. The molecule has 0 amide bonds. The predicted octanol–water partition coefficient (Wildman–Crippen LogP) is 0.287. The quantitative estimate of drug-likeness (QED) is 0.472. The second-order valence-electron chi connectivity index (χ2n) is 0.933. The number of carbonyl (C=O) groups is 1. The third-order valence-corrected chi connectivity index (χ3v) is 0.508. The van der Waals surface area contributed by atoms with Crippen LogP contribution in [0.1, 0.15) is 10.7 Å². The van der Waals surface area contributed by atoms with E-state index in [0.717, 1.165) is 0 Å². The van der Waals surface area contributed by atoms with Gasteiger partial charge >= 0.3 is 0 Å². The summed E-state index contributed by atoms with van der Waals surface area (Å²) in [5, 5.41) is 0. The van der Waals surface area contributed by atoms with E-state index in [1.807, 2.05) is 0 Å². The van der Waals surface area contributed by atoms with Crippen LogP contribution in [-0.4, -0.2) is 11.3 Å². The largest absolute Gasteiger partial charge is 0.442 e. The third-order valence-electron chi connectivity index (χ3n) is 0.508. The maximum absolute atomic E-state index is 9.69. The van der Waals surface area contributed by atoms with Crippen molar-refractivity contribution in [3.8, 4) is 0 Å². The zero-order valence-electron chi connectivity index (χ0n) is 3.42. The van der Waals surface area contributed by atoms with Crippen LogP contribution in [0, 0.1) is 6.20 Å². The van der Waals surface area contributed by atoms with Crippen molar-refractivity contribution in [2.45, 2.75) is 0 Å². The Bertz CT molecular complexity index is 145. The summed E-state index contributed by atoms with van der Waals surface area (Å²) in [7, 11) is 0. The smallest absolute Gasteiger partial charge is 0.260 e. The minimum absolute atomic E-state index is 0.0694. The molecule has 1 heterocycles. The first-order valence-electron chi connectivity index (χ1n) is 1.70. The molecule has 0 bridgehead atoms. The lowest BCUT2D eigenvalue weighted by Gasteiger charge is -1.66. The van der Waals surface area contributed by atoms with Crippen molar-refractivity contribution in [1.29, 1.82) is 0 Å². The Hall–Kier alpha value is -1.12. The molecule has 35 valence electrons. The molecule has 0 aromatic carbocycles. The van der Waals surface area contributed by atoms with Crippen molar-refractivity contribution in [3.63, 3.8) is 0 Å². The molecule has 3 heteroatoms. The summed E-state index contributed by atoms with van der Waals surface area (Å²) in [4.78, 5) is 13.1. The van der Waals surface area contributed by atoms with Crippen LogP contribution in [0.25, 0.3) is 0 Å². The molecule has 1 radical (unpaired) electrons. The predicted molar refractivity (Wildman–Crippen MR) is 20.7 cm³/mol. The molecular weight excluding hydrogens is 94.0 g/mol. The lowest BCUT2D eigenvalue weighted by atomic mass is 10.8. The topological polar surface area (TPSA) is 43.1 Å². The number of rotatable bonds is 1. The third kappa shape index (κ3) is 0.652. The van der Waals surface area contributed by atoms with Gasteiger partial charge in [0, 0.05) is 0 Å². The highest BCUT2D eigenvalue weighted by atomic mass is 16.3. The summed E-state index contributed by atoms with van der Waals surface area (Å²) in [5.41, 5.74) is 0. The van der Waals surface area contributed by atoms with Crippen molar-refractivity contribution in [2.24, 2.45) is 0 Å². The van der Waals surface area contributed by atoms with Crippen molar-refractivity contribution in [3.05, 3.63) is 18.4 Å². The molecule has 3 nitrogen and oxygen atoms in total. The molecule has 0 saturated heterocycles. The fourth-order valence-electron chi connectivity index (χ4n) is 0.257. The first kappa shape index (κ1) is 4.05. The SMILES string of the molecule is O=Cc1n[c]co1. The molecule has 1 rings (SSSR count). The van der Waals surface area contributed by atoms with E-state index in [9.17, 15) is 4.79 Å². The average molecular weight is 96.1 g/mol. The molecule has 0 N–H and O–H groups in total. The minimum Gasteiger partial charge on any atom is -0.442 e. The van der Waals surface area contributed by atoms with Gasteiger partial charge in [-0.05, 0) is 0 Å². The first-order valence-corrected chi connectivity index (χ1v) is 1.70. The highest BCUT2D eigenvalue weighted by molar-refractivity contribution is 5.66. The van der Waals surface area contributed by atoms with Gasteiger partial charge in [0.15, 0.2) is 0 Å². The van der Waals surface area contributed by atoms with Gasteiger partial charge in [-0.25, -0.2) is 4.98 Å². The zero-order chi connectivity index (χ0) is 5.11. The van der Waals surface area contributed by atoms with E-state index in [0.29, 0.717) is 6.29 Å². The molecule has 0 saturated carbocycles. The fraction of sp³-hybridized carbons (Fsp3) is 0. The number of aromatic nitrogens is 1. The van der Waals surface area contributed by atoms with Crippen LogP contribution in [0.3, 0.4) is 0 Å². The molecule has 1 aromatic rings. The van der Waals surface area contributed by atoms with Crippen LogP contribution < -0.4 is 0 Å². The highest BCUT2D eigenvalue weighted by Crippen LogP contribution is 1.84. The minimum atomic E-state index is 0.0694. The number of aldehydes is 1. The molecule has 0 aliphatic carbocycles. The van der Waals surface area contributed by atoms with Crippen LogP contribution in [0.4, 0.5) is 0 Å². The van der Waals surface area contributed by atoms with Gasteiger partial charge in [0.25, 0.3) is 5.89 Å². The zero-order valence-corrected chi connectivity index (χ0v) is 3.42. The maximum atomic E-state index is 9.69. The Morgan fingerprint density at radius 2 is 2.86 bits per heavy atom. The molecule has 0 unspecified atom stereocenters. The molecule has 0 aliphatic rings. The van der Waals surface area contributed by atoms with E-state index >= 15 is 0 Å². The standard InChI is InChI=1S/C4H2NO2/c6-3-4-5-1-2-7-4/h2-3H. The Morgan fingerprint density at radius 3 is 3.14 bits per heavy atom.